The van der Waals surface area contributed by atoms with E-state index in [0.717, 1.165) is 25.6 Å². The van der Waals surface area contributed by atoms with Gasteiger partial charge in [0, 0.05) is 44.1 Å². The summed E-state index contributed by atoms with van der Waals surface area (Å²) in [6, 6.07) is 1.17. The van der Waals surface area contributed by atoms with Crippen molar-refractivity contribution in [3.8, 4) is 0 Å². The summed E-state index contributed by atoms with van der Waals surface area (Å²) < 4.78 is 2.12. The van der Waals surface area contributed by atoms with Gasteiger partial charge in [0.25, 0.3) is 0 Å². The number of imidazole rings is 1. The minimum Gasteiger partial charge on any atom is -0.354 e. The second kappa shape index (κ2) is 6.64. The van der Waals surface area contributed by atoms with E-state index in [1.54, 1.807) is 0 Å². The topological polar surface area (TPSA) is 33.1 Å². The maximum Gasteiger partial charge on any atom is 0.202 e. The molecule has 0 aromatic carbocycles. The lowest BCUT2D eigenvalue weighted by atomic mass is 10.2. The van der Waals surface area contributed by atoms with Crippen LogP contribution in [0, 0.1) is 0 Å². The molecule has 1 rings (SSSR count). The van der Waals surface area contributed by atoms with Crippen molar-refractivity contribution in [2.24, 2.45) is 0 Å². The maximum atomic E-state index is 4.31. The Morgan fingerprint density at radius 1 is 1.29 bits per heavy atom. The summed E-state index contributed by atoms with van der Waals surface area (Å²) >= 11 is 0. The molecule has 0 saturated carbocycles. The normalized spacial score (nSPS) is 11.8. The molecule has 0 saturated heterocycles. The van der Waals surface area contributed by atoms with Gasteiger partial charge in [-0.15, -0.1) is 0 Å². The molecule has 0 bridgehead atoms. The van der Waals surface area contributed by atoms with E-state index in [1.165, 1.54) is 0 Å². The molecule has 0 atom stereocenters. The molecule has 4 heteroatoms. The van der Waals surface area contributed by atoms with Crippen molar-refractivity contribution >= 4 is 5.95 Å². The van der Waals surface area contributed by atoms with Crippen molar-refractivity contribution in [3.63, 3.8) is 0 Å². The fraction of sp³-hybridized carbons (Fsp3) is 0.769. The summed E-state index contributed by atoms with van der Waals surface area (Å²) in [6.07, 6.45) is 3.85. The number of anilines is 1. The molecular weight excluding hydrogens is 212 g/mol. The van der Waals surface area contributed by atoms with Gasteiger partial charge in [0.15, 0.2) is 0 Å². The Morgan fingerprint density at radius 2 is 1.94 bits per heavy atom. The second-order valence-electron chi connectivity index (χ2n) is 4.89. The predicted octanol–water partition coefficient (Wildman–Crippen LogP) is 2.43. The lowest BCUT2D eigenvalue weighted by Crippen LogP contribution is -2.40. The zero-order valence-electron chi connectivity index (χ0n) is 11.8. The zero-order valence-corrected chi connectivity index (χ0v) is 11.8. The third-order valence-corrected chi connectivity index (χ3v) is 3.04. The van der Waals surface area contributed by atoms with Crippen LogP contribution in [0.25, 0.3) is 0 Å². The van der Waals surface area contributed by atoms with Crippen molar-refractivity contribution < 1.29 is 0 Å². The van der Waals surface area contributed by atoms with Crippen molar-refractivity contribution in [1.29, 1.82) is 0 Å². The highest BCUT2D eigenvalue weighted by Crippen LogP contribution is 2.06. The van der Waals surface area contributed by atoms with Crippen LogP contribution in [0.1, 0.15) is 34.6 Å². The SMILES string of the molecule is CCn1ccnc1NCCN(C(C)C)C(C)C. The standard InChI is InChI=1S/C13H26N4/c1-6-16-9-7-14-13(16)15-8-10-17(11(2)3)12(4)5/h7,9,11-12H,6,8,10H2,1-5H3,(H,14,15). The van der Waals surface area contributed by atoms with Gasteiger partial charge in [0.2, 0.25) is 5.95 Å². The first kappa shape index (κ1) is 14.0. The Balaban J connectivity index is 2.41. The van der Waals surface area contributed by atoms with Gasteiger partial charge in [-0.2, -0.15) is 0 Å². The first-order chi connectivity index (χ1) is 8.06. The molecule has 0 fully saturated rings. The number of aryl methyl sites for hydroxylation is 1. The number of nitrogens with one attached hydrogen (secondary N) is 1. The molecule has 1 aromatic heterocycles. The summed E-state index contributed by atoms with van der Waals surface area (Å²) in [7, 11) is 0. The first-order valence-corrected chi connectivity index (χ1v) is 6.57. The van der Waals surface area contributed by atoms with Crippen LogP contribution in [0.2, 0.25) is 0 Å². The summed E-state index contributed by atoms with van der Waals surface area (Å²) in [5, 5.41) is 3.39. The molecule has 0 spiro atoms. The van der Waals surface area contributed by atoms with E-state index in [-0.39, 0.29) is 0 Å². The molecule has 17 heavy (non-hydrogen) atoms. The van der Waals surface area contributed by atoms with Crippen LogP contribution in [0.15, 0.2) is 12.4 Å². The van der Waals surface area contributed by atoms with Crippen molar-refractivity contribution in [3.05, 3.63) is 12.4 Å². The first-order valence-electron chi connectivity index (χ1n) is 6.57. The van der Waals surface area contributed by atoms with Gasteiger partial charge < -0.3 is 9.88 Å². The third-order valence-electron chi connectivity index (χ3n) is 3.04. The van der Waals surface area contributed by atoms with Crippen LogP contribution >= 0.6 is 0 Å². The number of rotatable bonds is 7. The fourth-order valence-corrected chi connectivity index (χ4v) is 2.14. The molecule has 98 valence electrons. The zero-order chi connectivity index (χ0) is 12.8. The van der Waals surface area contributed by atoms with E-state index in [2.05, 4.69) is 54.4 Å². The quantitative estimate of drug-likeness (QED) is 0.792. The van der Waals surface area contributed by atoms with E-state index in [1.807, 2.05) is 12.4 Å². The Bertz CT molecular complexity index is 309. The lowest BCUT2D eigenvalue weighted by Gasteiger charge is -2.30. The number of hydrogen-bond acceptors (Lipinski definition) is 3. The average Bonchev–Trinajstić information content (AvgIpc) is 2.70. The van der Waals surface area contributed by atoms with Gasteiger partial charge in [-0.3, -0.25) is 4.90 Å². The van der Waals surface area contributed by atoms with Gasteiger partial charge in [-0.1, -0.05) is 0 Å². The van der Waals surface area contributed by atoms with Crippen LogP contribution in [-0.2, 0) is 6.54 Å². The molecule has 0 radical (unpaired) electrons. The highest BCUT2D eigenvalue weighted by molar-refractivity contribution is 5.25. The molecule has 0 aliphatic heterocycles. The van der Waals surface area contributed by atoms with Gasteiger partial charge >= 0.3 is 0 Å². The van der Waals surface area contributed by atoms with E-state index in [4.69, 9.17) is 0 Å². The second-order valence-corrected chi connectivity index (χ2v) is 4.89. The molecule has 1 aromatic rings. The average molecular weight is 238 g/mol. The highest BCUT2D eigenvalue weighted by Gasteiger charge is 2.12. The van der Waals surface area contributed by atoms with Crippen molar-refractivity contribution in [2.75, 3.05) is 18.4 Å². The van der Waals surface area contributed by atoms with E-state index >= 15 is 0 Å². The molecule has 1 N–H and O–H groups in total. The van der Waals surface area contributed by atoms with Crippen LogP contribution in [0.3, 0.4) is 0 Å². The molecule has 4 nitrogen and oxygen atoms in total. The van der Waals surface area contributed by atoms with E-state index < -0.39 is 0 Å². The monoisotopic (exact) mass is 238 g/mol. The molecule has 0 aliphatic carbocycles. The highest BCUT2D eigenvalue weighted by atomic mass is 15.2. The van der Waals surface area contributed by atoms with Crippen molar-refractivity contribution in [1.82, 2.24) is 14.5 Å². The molecular formula is C13H26N4. The Hall–Kier alpha value is -1.03. The minimum atomic E-state index is 0.586. The molecule has 0 amide bonds. The van der Waals surface area contributed by atoms with Gasteiger partial charge in [-0.25, -0.2) is 4.98 Å². The summed E-state index contributed by atoms with van der Waals surface area (Å²) in [5.41, 5.74) is 0. The predicted molar refractivity (Wildman–Crippen MR) is 73.4 cm³/mol. The number of nitrogens with zero attached hydrogens (tertiary/aromatic N) is 3. The van der Waals surface area contributed by atoms with Crippen LogP contribution < -0.4 is 5.32 Å². The Morgan fingerprint density at radius 3 is 2.47 bits per heavy atom. The Labute approximate surface area is 105 Å². The molecule has 0 unspecified atom stereocenters. The fourth-order valence-electron chi connectivity index (χ4n) is 2.14. The Kier molecular flexibility index (Phi) is 5.48. The van der Waals surface area contributed by atoms with E-state index in [0.29, 0.717) is 12.1 Å². The smallest absolute Gasteiger partial charge is 0.202 e. The number of hydrogen-bond donors (Lipinski definition) is 1. The van der Waals surface area contributed by atoms with E-state index in [9.17, 15) is 0 Å². The van der Waals surface area contributed by atoms with Crippen molar-refractivity contribution in [2.45, 2.75) is 53.2 Å². The minimum absolute atomic E-state index is 0.586. The van der Waals surface area contributed by atoms with Gasteiger partial charge in [-0.05, 0) is 34.6 Å². The van der Waals surface area contributed by atoms with Crippen LogP contribution in [0.4, 0.5) is 5.95 Å². The maximum absolute atomic E-state index is 4.31. The lowest BCUT2D eigenvalue weighted by molar-refractivity contribution is 0.182. The van der Waals surface area contributed by atoms with Gasteiger partial charge in [0.1, 0.15) is 0 Å². The molecule has 1 heterocycles. The van der Waals surface area contributed by atoms with Crippen LogP contribution in [0.5, 0.6) is 0 Å². The summed E-state index contributed by atoms with van der Waals surface area (Å²) in [5.74, 6) is 0.972. The van der Waals surface area contributed by atoms with Crippen LogP contribution in [-0.4, -0.2) is 39.6 Å². The largest absolute Gasteiger partial charge is 0.354 e. The molecule has 0 aliphatic rings. The summed E-state index contributed by atoms with van der Waals surface area (Å²) in [6.45, 7) is 14.0. The number of aromatic nitrogens is 2. The third kappa shape index (κ3) is 4.04. The van der Waals surface area contributed by atoms with Gasteiger partial charge in [0.05, 0.1) is 0 Å². The summed E-state index contributed by atoms with van der Waals surface area (Å²) in [4.78, 5) is 6.79.